The van der Waals surface area contributed by atoms with Crippen molar-refractivity contribution in [1.82, 2.24) is 4.31 Å². The molecule has 0 aliphatic carbocycles. The first kappa shape index (κ1) is 19.2. The standard InChI is InChI=1S/C17H19ClN2O4S/c1-11-5-6-12(9-16(11)25(22,23)20(2)3)17(21)19-13-7-8-15(24-4)14(18)10-13/h5-10H,1-4H3,(H,19,21). The van der Waals surface area contributed by atoms with Gasteiger partial charge in [-0.1, -0.05) is 17.7 Å². The second-order valence-corrected chi connectivity index (χ2v) is 8.10. The zero-order valence-electron chi connectivity index (χ0n) is 14.3. The molecule has 0 spiro atoms. The summed E-state index contributed by atoms with van der Waals surface area (Å²) >= 11 is 6.04. The fourth-order valence-corrected chi connectivity index (χ4v) is 3.57. The van der Waals surface area contributed by atoms with Gasteiger partial charge in [0.05, 0.1) is 17.0 Å². The van der Waals surface area contributed by atoms with E-state index in [0.717, 1.165) is 4.31 Å². The van der Waals surface area contributed by atoms with Crippen LogP contribution >= 0.6 is 11.6 Å². The zero-order chi connectivity index (χ0) is 18.8. The van der Waals surface area contributed by atoms with Gasteiger partial charge in [-0.15, -0.1) is 0 Å². The highest BCUT2D eigenvalue weighted by atomic mass is 35.5. The van der Waals surface area contributed by atoms with Gasteiger partial charge in [-0.2, -0.15) is 0 Å². The Balaban J connectivity index is 2.33. The second-order valence-electron chi connectivity index (χ2n) is 5.57. The van der Waals surface area contributed by atoms with Gasteiger partial charge in [0.15, 0.2) is 0 Å². The summed E-state index contributed by atoms with van der Waals surface area (Å²) in [5.74, 6) is 0.0609. The molecule has 0 aliphatic heterocycles. The van der Waals surface area contributed by atoms with Gasteiger partial charge >= 0.3 is 0 Å². The highest BCUT2D eigenvalue weighted by Crippen LogP contribution is 2.27. The first-order chi connectivity index (χ1) is 11.7. The lowest BCUT2D eigenvalue weighted by Gasteiger charge is -2.15. The predicted molar refractivity (Wildman–Crippen MR) is 98.0 cm³/mol. The fraction of sp³-hybridized carbons (Fsp3) is 0.235. The van der Waals surface area contributed by atoms with Crippen molar-refractivity contribution >= 4 is 33.2 Å². The van der Waals surface area contributed by atoms with E-state index in [2.05, 4.69) is 5.32 Å². The molecule has 2 rings (SSSR count). The van der Waals surface area contributed by atoms with Crippen LogP contribution in [0.2, 0.25) is 5.02 Å². The largest absolute Gasteiger partial charge is 0.495 e. The van der Waals surface area contributed by atoms with Crippen molar-refractivity contribution in [3.63, 3.8) is 0 Å². The number of anilines is 1. The van der Waals surface area contributed by atoms with Crippen LogP contribution < -0.4 is 10.1 Å². The van der Waals surface area contributed by atoms with Crippen LogP contribution in [-0.2, 0) is 10.0 Å². The number of nitrogens with one attached hydrogen (secondary N) is 1. The average Bonchev–Trinajstić information content (AvgIpc) is 2.55. The summed E-state index contributed by atoms with van der Waals surface area (Å²) in [6, 6.07) is 9.38. The molecule has 2 aromatic rings. The number of rotatable bonds is 5. The van der Waals surface area contributed by atoms with Crippen molar-refractivity contribution in [1.29, 1.82) is 0 Å². The number of amides is 1. The third kappa shape index (κ3) is 4.12. The zero-order valence-corrected chi connectivity index (χ0v) is 15.9. The molecule has 0 radical (unpaired) electrons. The van der Waals surface area contributed by atoms with E-state index in [1.807, 2.05) is 0 Å². The highest BCUT2D eigenvalue weighted by Gasteiger charge is 2.21. The SMILES string of the molecule is COc1ccc(NC(=O)c2ccc(C)c(S(=O)(=O)N(C)C)c2)cc1Cl. The van der Waals surface area contributed by atoms with Crippen LogP contribution in [0.15, 0.2) is 41.3 Å². The molecule has 1 amide bonds. The van der Waals surface area contributed by atoms with Gasteiger partial charge in [-0.25, -0.2) is 12.7 Å². The van der Waals surface area contributed by atoms with Gasteiger partial charge in [0.2, 0.25) is 10.0 Å². The Morgan fingerprint density at radius 1 is 1.16 bits per heavy atom. The molecule has 0 aliphatic rings. The maximum Gasteiger partial charge on any atom is 0.255 e. The number of benzene rings is 2. The topological polar surface area (TPSA) is 75.7 Å². The van der Waals surface area contributed by atoms with E-state index in [1.54, 1.807) is 37.3 Å². The lowest BCUT2D eigenvalue weighted by molar-refractivity contribution is 0.102. The minimum Gasteiger partial charge on any atom is -0.495 e. The molecular weight excluding hydrogens is 364 g/mol. The summed E-state index contributed by atoms with van der Waals surface area (Å²) in [7, 11) is 0.753. The number of hydrogen-bond acceptors (Lipinski definition) is 4. The molecule has 0 saturated heterocycles. The number of nitrogens with zero attached hydrogens (tertiary/aromatic N) is 1. The predicted octanol–water partition coefficient (Wildman–Crippen LogP) is 3.16. The quantitative estimate of drug-likeness (QED) is 0.861. The van der Waals surface area contributed by atoms with Crippen molar-refractivity contribution in [3.8, 4) is 5.75 Å². The van der Waals surface area contributed by atoms with Crippen molar-refractivity contribution in [2.24, 2.45) is 0 Å². The first-order valence-corrected chi connectivity index (χ1v) is 9.16. The lowest BCUT2D eigenvalue weighted by Crippen LogP contribution is -2.23. The number of carbonyl (C=O) groups excluding carboxylic acids is 1. The Morgan fingerprint density at radius 3 is 2.40 bits per heavy atom. The summed E-state index contributed by atoms with van der Waals surface area (Å²) in [5.41, 5.74) is 1.28. The Morgan fingerprint density at radius 2 is 1.84 bits per heavy atom. The van der Waals surface area contributed by atoms with E-state index in [1.165, 1.54) is 27.3 Å². The number of hydrogen-bond donors (Lipinski definition) is 1. The summed E-state index contributed by atoms with van der Waals surface area (Å²) in [4.78, 5) is 12.5. The molecule has 0 heterocycles. The van der Waals surface area contributed by atoms with E-state index in [4.69, 9.17) is 16.3 Å². The number of methoxy groups -OCH3 is 1. The number of aryl methyl sites for hydroxylation is 1. The van der Waals surface area contributed by atoms with Crippen LogP contribution in [0.1, 0.15) is 15.9 Å². The third-order valence-electron chi connectivity index (χ3n) is 3.62. The molecule has 0 saturated carbocycles. The molecular formula is C17H19ClN2O4S. The summed E-state index contributed by atoms with van der Waals surface area (Å²) in [6.07, 6.45) is 0. The molecule has 25 heavy (non-hydrogen) atoms. The minimum atomic E-state index is -3.64. The Labute approximate surface area is 152 Å². The van der Waals surface area contributed by atoms with Crippen molar-refractivity contribution in [2.75, 3.05) is 26.5 Å². The van der Waals surface area contributed by atoms with Crippen molar-refractivity contribution < 1.29 is 17.9 Å². The van der Waals surface area contributed by atoms with E-state index in [9.17, 15) is 13.2 Å². The van der Waals surface area contributed by atoms with Gasteiger partial charge in [-0.3, -0.25) is 4.79 Å². The van der Waals surface area contributed by atoms with E-state index in [-0.39, 0.29) is 10.5 Å². The first-order valence-electron chi connectivity index (χ1n) is 7.35. The highest BCUT2D eigenvalue weighted by molar-refractivity contribution is 7.89. The number of halogens is 1. The van der Waals surface area contributed by atoms with Gasteiger partial charge in [0.1, 0.15) is 5.75 Å². The molecule has 0 aromatic heterocycles. The van der Waals surface area contributed by atoms with Crippen LogP contribution in [0.25, 0.3) is 0 Å². The smallest absolute Gasteiger partial charge is 0.255 e. The van der Waals surface area contributed by atoms with Gasteiger partial charge in [0.25, 0.3) is 5.91 Å². The van der Waals surface area contributed by atoms with E-state index < -0.39 is 15.9 Å². The maximum atomic E-state index is 12.4. The fourth-order valence-electron chi connectivity index (χ4n) is 2.16. The Hall–Kier alpha value is -2.09. The summed E-state index contributed by atoms with van der Waals surface area (Å²) < 4.78 is 30.9. The average molecular weight is 383 g/mol. The number of ether oxygens (including phenoxy) is 1. The Bertz CT molecular complexity index is 911. The van der Waals surface area contributed by atoms with E-state index in [0.29, 0.717) is 22.0 Å². The van der Waals surface area contributed by atoms with Crippen LogP contribution in [0.5, 0.6) is 5.75 Å². The monoisotopic (exact) mass is 382 g/mol. The van der Waals surface area contributed by atoms with Crippen LogP contribution in [0.4, 0.5) is 5.69 Å². The van der Waals surface area contributed by atoms with Crippen LogP contribution in [-0.4, -0.2) is 39.8 Å². The molecule has 8 heteroatoms. The minimum absolute atomic E-state index is 0.0953. The number of sulfonamides is 1. The molecule has 1 N–H and O–H groups in total. The molecule has 0 fully saturated rings. The maximum absolute atomic E-state index is 12.4. The summed E-state index contributed by atoms with van der Waals surface area (Å²) in [5, 5.41) is 3.05. The van der Waals surface area contributed by atoms with Crippen LogP contribution in [0.3, 0.4) is 0 Å². The lowest BCUT2D eigenvalue weighted by atomic mass is 10.1. The molecule has 0 unspecified atom stereocenters. The van der Waals surface area contributed by atoms with Crippen molar-refractivity contribution in [2.45, 2.75) is 11.8 Å². The van der Waals surface area contributed by atoms with Crippen molar-refractivity contribution in [3.05, 3.63) is 52.5 Å². The van der Waals surface area contributed by atoms with Gasteiger partial charge < -0.3 is 10.1 Å². The second kappa shape index (κ2) is 7.43. The van der Waals surface area contributed by atoms with Gasteiger partial charge in [0, 0.05) is 25.3 Å². The Kier molecular flexibility index (Phi) is 5.72. The van der Waals surface area contributed by atoms with Gasteiger partial charge in [-0.05, 0) is 42.8 Å². The molecule has 6 nitrogen and oxygen atoms in total. The molecule has 134 valence electrons. The molecule has 2 aromatic carbocycles. The summed E-state index contributed by atoms with van der Waals surface area (Å²) in [6.45, 7) is 1.68. The third-order valence-corrected chi connectivity index (χ3v) is 5.87. The van der Waals surface area contributed by atoms with E-state index >= 15 is 0 Å². The molecule has 0 bridgehead atoms. The van der Waals surface area contributed by atoms with Crippen LogP contribution in [0, 0.1) is 6.92 Å². The normalized spacial score (nSPS) is 11.4. The number of carbonyl (C=O) groups is 1. The molecule has 0 atom stereocenters.